The van der Waals surface area contributed by atoms with Gasteiger partial charge in [-0.1, -0.05) is 88.6 Å². The number of allylic oxidation sites excluding steroid dienone is 2. The van der Waals surface area contributed by atoms with Crippen molar-refractivity contribution in [2.24, 2.45) is 0 Å². The average Bonchev–Trinajstić information content (AvgIpc) is 3.24. The summed E-state index contributed by atoms with van der Waals surface area (Å²) in [5.41, 5.74) is 2.39. The molecule has 0 bridgehead atoms. The van der Waals surface area contributed by atoms with Crippen LogP contribution in [-0.4, -0.2) is 24.8 Å². The lowest BCUT2D eigenvalue weighted by Gasteiger charge is -2.17. The van der Waals surface area contributed by atoms with Crippen LogP contribution < -0.4 is 10.6 Å². The summed E-state index contributed by atoms with van der Waals surface area (Å²) < 4.78 is 0. The lowest BCUT2D eigenvalue weighted by Crippen LogP contribution is -2.37. The van der Waals surface area contributed by atoms with E-state index >= 15 is 0 Å². The lowest BCUT2D eigenvalue weighted by molar-refractivity contribution is -0.124. The number of unbranched alkanes of at least 4 members (excludes halogenated alkanes) is 11. The molecule has 0 saturated heterocycles. The molecule has 0 aromatic heterocycles. The number of hydrogen-bond acceptors (Lipinski definition) is 3. The van der Waals surface area contributed by atoms with Crippen molar-refractivity contribution in [1.82, 2.24) is 5.32 Å². The van der Waals surface area contributed by atoms with Crippen LogP contribution in [0.1, 0.15) is 115 Å². The first-order valence-electron chi connectivity index (χ1n) is 13.5. The number of aldehydes is 1. The fourth-order valence-corrected chi connectivity index (χ4v) is 4.66. The van der Waals surface area contributed by atoms with Gasteiger partial charge in [-0.3, -0.25) is 4.79 Å². The molecule has 0 spiro atoms. The zero-order valence-electron chi connectivity index (χ0n) is 20.8. The summed E-state index contributed by atoms with van der Waals surface area (Å²) in [6, 6.07) is 7.81. The third-order valence-electron chi connectivity index (χ3n) is 6.65. The molecule has 184 valence electrons. The van der Waals surface area contributed by atoms with Crippen LogP contribution in [0, 0.1) is 0 Å². The molecule has 1 aromatic carbocycles. The first kappa shape index (κ1) is 27.1. The summed E-state index contributed by atoms with van der Waals surface area (Å²) in [6.07, 6.45) is 23.0. The Bertz CT molecular complexity index is 701. The van der Waals surface area contributed by atoms with Gasteiger partial charge >= 0.3 is 0 Å². The van der Waals surface area contributed by atoms with Crippen molar-refractivity contribution in [3.63, 3.8) is 0 Å². The van der Waals surface area contributed by atoms with Crippen molar-refractivity contribution >= 4 is 17.9 Å². The molecule has 2 N–H and O–H groups in total. The van der Waals surface area contributed by atoms with Gasteiger partial charge in [-0.15, -0.1) is 0 Å². The Labute approximate surface area is 202 Å². The Morgan fingerprint density at radius 2 is 1.61 bits per heavy atom. The quantitative estimate of drug-likeness (QED) is 0.131. The molecule has 1 aliphatic rings. The van der Waals surface area contributed by atoms with E-state index in [-0.39, 0.29) is 11.8 Å². The average molecular weight is 455 g/mol. The van der Waals surface area contributed by atoms with E-state index in [1.165, 1.54) is 76.2 Å². The smallest absolute Gasteiger partial charge is 0.220 e. The molecule has 0 aliphatic carbocycles. The molecule has 0 radical (unpaired) electrons. The van der Waals surface area contributed by atoms with Crippen LogP contribution in [0.25, 0.3) is 0 Å². The van der Waals surface area contributed by atoms with Gasteiger partial charge in [0, 0.05) is 24.6 Å². The SMILES string of the molecule is CCCCCCCC/C=C\CCCCCCCC(=O)N[C@H](C=O)CC1CNc2ccccc21. The predicted octanol–water partition coefficient (Wildman–Crippen LogP) is 7.31. The standard InChI is InChI=1S/C29H46N2O2/c1-2-3-4-5-6-7-8-9-10-11-12-13-14-15-16-21-29(33)31-26(24-32)22-25-23-30-28-20-18-17-19-27(25)28/h9-10,17-20,24-26,30H,2-8,11-16,21-23H2,1H3,(H,31,33)/b10-9-/t25?,26-/m0/s1. The van der Waals surface area contributed by atoms with Crippen molar-refractivity contribution in [1.29, 1.82) is 0 Å². The molecule has 0 saturated carbocycles. The van der Waals surface area contributed by atoms with Crippen molar-refractivity contribution in [3.05, 3.63) is 42.0 Å². The summed E-state index contributed by atoms with van der Waals surface area (Å²) >= 11 is 0. The van der Waals surface area contributed by atoms with Gasteiger partial charge in [-0.05, 0) is 50.2 Å². The summed E-state index contributed by atoms with van der Waals surface area (Å²) in [4.78, 5) is 23.8. The lowest BCUT2D eigenvalue weighted by atomic mass is 9.94. The van der Waals surface area contributed by atoms with Gasteiger partial charge in [0.05, 0.1) is 6.04 Å². The van der Waals surface area contributed by atoms with Crippen molar-refractivity contribution in [2.45, 2.75) is 115 Å². The van der Waals surface area contributed by atoms with E-state index in [2.05, 4.69) is 41.8 Å². The molecular formula is C29H46N2O2. The van der Waals surface area contributed by atoms with Crippen LogP contribution in [0.3, 0.4) is 0 Å². The maximum absolute atomic E-state index is 12.3. The van der Waals surface area contributed by atoms with Gasteiger partial charge in [-0.2, -0.15) is 0 Å². The van der Waals surface area contributed by atoms with Crippen molar-refractivity contribution in [2.75, 3.05) is 11.9 Å². The van der Waals surface area contributed by atoms with E-state index in [1.54, 1.807) is 0 Å². The van der Waals surface area contributed by atoms with E-state index < -0.39 is 6.04 Å². The number of benzene rings is 1. The van der Waals surface area contributed by atoms with Gasteiger partial charge in [0.1, 0.15) is 6.29 Å². The molecule has 4 heteroatoms. The number of nitrogens with one attached hydrogen (secondary N) is 2. The Balaban J connectivity index is 1.44. The Morgan fingerprint density at radius 1 is 0.970 bits per heavy atom. The molecule has 2 rings (SSSR count). The second-order valence-corrected chi connectivity index (χ2v) is 9.55. The molecule has 1 amide bonds. The Kier molecular flexibility index (Phi) is 14.3. The second-order valence-electron chi connectivity index (χ2n) is 9.55. The molecule has 4 nitrogen and oxygen atoms in total. The number of para-hydroxylation sites is 1. The van der Waals surface area contributed by atoms with Gasteiger partial charge in [0.25, 0.3) is 0 Å². The number of hydrogen-bond donors (Lipinski definition) is 2. The first-order valence-corrected chi connectivity index (χ1v) is 13.5. The zero-order valence-corrected chi connectivity index (χ0v) is 20.8. The van der Waals surface area contributed by atoms with Gasteiger partial charge in [0.2, 0.25) is 5.91 Å². The number of carbonyl (C=O) groups excluding carboxylic acids is 2. The minimum absolute atomic E-state index is 0.00367. The van der Waals surface area contributed by atoms with E-state index in [1.807, 2.05) is 12.1 Å². The second kappa shape index (κ2) is 17.4. The van der Waals surface area contributed by atoms with E-state index in [9.17, 15) is 9.59 Å². The Morgan fingerprint density at radius 3 is 2.30 bits per heavy atom. The molecule has 1 heterocycles. The summed E-state index contributed by atoms with van der Waals surface area (Å²) in [5, 5.41) is 6.31. The topological polar surface area (TPSA) is 58.2 Å². The number of amides is 1. The fourth-order valence-electron chi connectivity index (χ4n) is 4.66. The zero-order chi connectivity index (χ0) is 23.6. The number of carbonyl (C=O) groups is 2. The van der Waals surface area contributed by atoms with Crippen LogP contribution in [0.2, 0.25) is 0 Å². The van der Waals surface area contributed by atoms with Gasteiger partial charge < -0.3 is 15.4 Å². The fraction of sp³-hybridized carbons (Fsp3) is 0.655. The highest BCUT2D eigenvalue weighted by Crippen LogP contribution is 2.33. The molecule has 1 aliphatic heterocycles. The van der Waals surface area contributed by atoms with Gasteiger partial charge in [-0.25, -0.2) is 0 Å². The summed E-state index contributed by atoms with van der Waals surface area (Å²) in [5.74, 6) is 0.278. The monoisotopic (exact) mass is 454 g/mol. The van der Waals surface area contributed by atoms with Gasteiger partial charge in [0.15, 0.2) is 0 Å². The predicted molar refractivity (Wildman–Crippen MR) is 140 cm³/mol. The van der Waals surface area contributed by atoms with Crippen LogP contribution in [-0.2, 0) is 9.59 Å². The van der Waals surface area contributed by atoms with Crippen LogP contribution in [0.15, 0.2) is 36.4 Å². The highest BCUT2D eigenvalue weighted by atomic mass is 16.2. The van der Waals surface area contributed by atoms with Crippen molar-refractivity contribution in [3.8, 4) is 0 Å². The first-order chi connectivity index (χ1) is 16.2. The highest BCUT2D eigenvalue weighted by molar-refractivity contribution is 5.79. The molecule has 33 heavy (non-hydrogen) atoms. The highest BCUT2D eigenvalue weighted by Gasteiger charge is 2.25. The maximum atomic E-state index is 12.3. The van der Waals surface area contributed by atoms with Crippen molar-refractivity contribution < 1.29 is 9.59 Å². The van der Waals surface area contributed by atoms with E-state index in [0.29, 0.717) is 12.8 Å². The maximum Gasteiger partial charge on any atom is 0.220 e. The molecule has 2 atom stereocenters. The summed E-state index contributed by atoms with van der Waals surface area (Å²) in [7, 11) is 0. The van der Waals surface area contributed by atoms with E-state index in [4.69, 9.17) is 0 Å². The van der Waals surface area contributed by atoms with Crippen LogP contribution >= 0.6 is 0 Å². The number of fused-ring (bicyclic) bond motifs is 1. The minimum Gasteiger partial charge on any atom is -0.384 e. The molecule has 0 fully saturated rings. The Hall–Kier alpha value is -2.10. The number of anilines is 1. The third-order valence-corrected chi connectivity index (χ3v) is 6.65. The molecule has 1 aromatic rings. The van der Waals surface area contributed by atoms with Crippen LogP contribution in [0.5, 0.6) is 0 Å². The minimum atomic E-state index is -0.404. The molecular weight excluding hydrogens is 408 g/mol. The largest absolute Gasteiger partial charge is 0.384 e. The summed E-state index contributed by atoms with van der Waals surface area (Å²) in [6.45, 7) is 3.09. The third kappa shape index (κ3) is 11.5. The van der Waals surface area contributed by atoms with E-state index in [0.717, 1.165) is 31.4 Å². The van der Waals surface area contributed by atoms with Crippen LogP contribution in [0.4, 0.5) is 5.69 Å². The normalized spacial score (nSPS) is 15.8. The number of rotatable bonds is 19. The molecule has 1 unspecified atom stereocenters.